The van der Waals surface area contributed by atoms with Crippen molar-refractivity contribution < 1.29 is 28.5 Å². The average molecular weight is 509 g/mol. The highest BCUT2D eigenvalue weighted by atomic mass is 32.1. The van der Waals surface area contributed by atoms with E-state index in [1.54, 1.807) is 51.3 Å². The topological polar surface area (TPSA) is 97.6 Å². The summed E-state index contributed by atoms with van der Waals surface area (Å²) in [5.41, 5.74) is 1.97. The number of hydrogen-bond acceptors (Lipinski definition) is 9. The normalized spacial score (nSPS) is 16.4. The summed E-state index contributed by atoms with van der Waals surface area (Å²) in [5, 5.41) is 0. The first kappa shape index (κ1) is 23.7. The van der Waals surface area contributed by atoms with Gasteiger partial charge in [-0.05, 0) is 55.3 Å². The summed E-state index contributed by atoms with van der Waals surface area (Å²) >= 11 is 1.25. The van der Waals surface area contributed by atoms with E-state index in [1.807, 2.05) is 12.1 Å². The number of thiazole rings is 1. The number of rotatable bonds is 6. The highest BCUT2D eigenvalue weighted by Crippen LogP contribution is 2.36. The molecule has 2 aliphatic rings. The Balaban J connectivity index is 1.70. The van der Waals surface area contributed by atoms with Crippen LogP contribution < -0.4 is 33.8 Å². The first-order valence-electron chi connectivity index (χ1n) is 11.3. The van der Waals surface area contributed by atoms with Crippen LogP contribution in [0.2, 0.25) is 0 Å². The second-order valence-corrected chi connectivity index (χ2v) is 9.04. The molecule has 0 spiro atoms. The lowest BCUT2D eigenvalue weighted by Crippen LogP contribution is -2.39. The van der Waals surface area contributed by atoms with Crippen molar-refractivity contribution in [3.8, 4) is 23.0 Å². The number of aromatic nitrogens is 1. The van der Waals surface area contributed by atoms with Gasteiger partial charge in [-0.3, -0.25) is 9.36 Å². The number of benzene rings is 2. The molecule has 0 N–H and O–H groups in total. The molecule has 0 unspecified atom stereocenters. The van der Waals surface area contributed by atoms with E-state index in [1.165, 1.54) is 23.0 Å². The predicted octanol–water partition coefficient (Wildman–Crippen LogP) is 2.54. The Morgan fingerprint density at radius 1 is 1.14 bits per heavy atom. The lowest BCUT2D eigenvalue weighted by molar-refractivity contribution is -0.139. The molecule has 9 nitrogen and oxygen atoms in total. The van der Waals surface area contributed by atoms with Crippen LogP contribution in [0.4, 0.5) is 0 Å². The molecule has 36 heavy (non-hydrogen) atoms. The van der Waals surface area contributed by atoms with E-state index in [0.29, 0.717) is 49.2 Å². The van der Waals surface area contributed by atoms with Gasteiger partial charge >= 0.3 is 5.97 Å². The minimum Gasteiger partial charge on any atom is -0.493 e. The fourth-order valence-corrected chi connectivity index (χ4v) is 5.33. The number of esters is 1. The number of hydrogen-bond donors (Lipinski definition) is 0. The number of methoxy groups -OCH3 is 2. The third-order valence-electron chi connectivity index (χ3n) is 5.93. The quantitative estimate of drug-likeness (QED) is 0.472. The molecule has 0 aliphatic carbocycles. The third kappa shape index (κ3) is 4.03. The zero-order valence-electron chi connectivity index (χ0n) is 20.2. The zero-order chi connectivity index (χ0) is 25.4. The molecule has 1 aromatic heterocycles. The van der Waals surface area contributed by atoms with Crippen LogP contribution in [0.1, 0.15) is 31.0 Å². The summed E-state index contributed by atoms with van der Waals surface area (Å²) in [6, 6.07) is 10.0. The van der Waals surface area contributed by atoms with Gasteiger partial charge in [0.15, 0.2) is 27.8 Å². The molecule has 0 saturated carbocycles. The van der Waals surface area contributed by atoms with Gasteiger partial charge in [-0.2, -0.15) is 0 Å². The SMILES string of the molecule is CCOC(=O)C1=C(C)N=c2sc(=Cc3ccc4c(c3)OCO4)c(=O)n2[C@H]1c1ccc(OC)c(OC)c1. The highest BCUT2D eigenvalue weighted by Gasteiger charge is 2.34. The van der Waals surface area contributed by atoms with Gasteiger partial charge in [-0.15, -0.1) is 0 Å². The van der Waals surface area contributed by atoms with Crippen molar-refractivity contribution in [3.63, 3.8) is 0 Å². The van der Waals surface area contributed by atoms with Gasteiger partial charge in [0.2, 0.25) is 6.79 Å². The third-order valence-corrected chi connectivity index (χ3v) is 6.92. The molecule has 0 radical (unpaired) electrons. The van der Waals surface area contributed by atoms with Crippen molar-refractivity contribution in [1.29, 1.82) is 0 Å². The Hall–Kier alpha value is -4.05. The van der Waals surface area contributed by atoms with Crippen molar-refractivity contribution in [1.82, 2.24) is 4.57 Å². The minimum atomic E-state index is -0.751. The maximum atomic E-state index is 13.7. The van der Waals surface area contributed by atoms with E-state index < -0.39 is 12.0 Å². The second-order valence-electron chi connectivity index (χ2n) is 8.03. The molecule has 2 aliphatic heterocycles. The lowest BCUT2D eigenvalue weighted by Gasteiger charge is -2.25. The monoisotopic (exact) mass is 508 g/mol. The predicted molar refractivity (Wildman–Crippen MR) is 133 cm³/mol. The van der Waals surface area contributed by atoms with Gasteiger partial charge in [-0.25, -0.2) is 9.79 Å². The van der Waals surface area contributed by atoms with Crippen molar-refractivity contribution >= 4 is 23.4 Å². The number of nitrogens with zero attached hydrogens (tertiary/aromatic N) is 2. The van der Waals surface area contributed by atoms with Crippen LogP contribution in [0, 0.1) is 0 Å². The first-order valence-corrected chi connectivity index (χ1v) is 12.1. The summed E-state index contributed by atoms with van der Waals surface area (Å²) in [5.74, 6) is 1.78. The van der Waals surface area contributed by atoms with E-state index in [0.717, 1.165) is 5.56 Å². The van der Waals surface area contributed by atoms with Crippen molar-refractivity contribution in [2.75, 3.05) is 27.6 Å². The van der Waals surface area contributed by atoms with Crippen LogP contribution in [0.5, 0.6) is 23.0 Å². The number of carbonyl (C=O) groups excluding carboxylic acids is 1. The number of allylic oxidation sites excluding steroid dienone is 1. The first-order chi connectivity index (χ1) is 17.4. The number of carbonyl (C=O) groups is 1. The molecule has 0 fully saturated rings. The van der Waals surface area contributed by atoms with Crippen molar-refractivity contribution in [2.24, 2.45) is 4.99 Å². The number of fused-ring (bicyclic) bond motifs is 2. The molecule has 186 valence electrons. The maximum Gasteiger partial charge on any atom is 0.338 e. The molecule has 1 atom stereocenters. The highest BCUT2D eigenvalue weighted by molar-refractivity contribution is 7.07. The summed E-state index contributed by atoms with van der Waals surface area (Å²) in [7, 11) is 3.08. The van der Waals surface area contributed by atoms with E-state index in [9.17, 15) is 9.59 Å². The molecular formula is C26H24N2O7S. The van der Waals surface area contributed by atoms with Crippen molar-refractivity contribution in [2.45, 2.75) is 19.9 Å². The standard InChI is InChI=1S/C26H24N2O7S/c1-5-33-25(30)22-14(2)27-26-28(23(22)16-7-9-17(31-3)19(12-16)32-4)24(29)21(36-26)11-15-6-8-18-20(10-15)35-13-34-18/h6-12,23H,5,13H2,1-4H3/t23-/m0/s1. The Bertz CT molecular complexity index is 1570. The van der Waals surface area contributed by atoms with Gasteiger partial charge in [0.1, 0.15) is 0 Å². The minimum absolute atomic E-state index is 0.169. The molecule has 3 heterocycles. The van der Waals surface area contributed by atoms with E-state index in [2.05, 4.69) is 4.99 Å². The van der Waals surface area contributed by atoms with Crippen LogP contribution in [0.15, 0.2) is 57.5 Å². The molecule has 0 amide bonds. The van der Waals surface area contributed by atoms with Gasteiger partial charge in [-0.1, -0.05) is 23.5 Å². The van der Waals surface area contributed by atoms with Crippen molar-refractivity contribution in [3.05, 3.63) is 78.5 Å². The fourth-order valence-electron chi connectivity index (χ4n) is 4.28. The average Bonchev–Trinajstić information content (AvgIpc) is 3.46. The van der Waals surface area contributed by atoms with Crippen LogP contribution >= 0.6 is 11.3 Å². The maximum absolute atomic E-state index is 13.7. The zero-order valence-corrected chi connectivity index (χ0v) is 21.0. The molecule has 10 heteroatoms. The Labute approximate surface area is 210 Å². The van der Waals surface area contributed by atoms with E-state index in [4.69, 9.17) is 23.7 Å². The second kappa shape index (κ2) is 9.54. The van der Waals surface area contributed by atoms with E-state index >= 15 is 0 Å². The van der Waals surface area contributed by atoms with Crippen LogP contribution in [0.3, 0.4) is 0 Å². The summed E-state index contributed by atoms with van der Waals surface area (Å²) in [4.78, 5) is 31.9. The van der Waals surface area contributed by atoms with E-state index in [-0.39, 0.29) is 19.0 Å². The molecule has 0 saturated heterocycles. The summed E-state index contributed by atoms with van der Waals surface area (Å²) in [6.07, 6.45) is 1.78. The summed E-state index contributed by atoms with van der Waals surface area (Å²) < 4.78 is 29.0. The van der Waals surface area contributed by atoms with Gasteiger partial charge in [0, 0.05) is 0 Å². The van der Waals surface area contributed by atoms with Crippen LogP contribution in [-0.2, 0) is 9.53 Å². The van der Waals surface area contributed by atoms with Gasteiger partial charge < -0.3 is 23.7 Å². The fraction of sp³-hybridized carbons (Fsp3) is 0.269. The van der Waals surface area contributed by atoms with Crippen LogP contribution in [-0.4, -0.2) is 38.2 Å². The Morgan fingerprint density at radius 2 is 1.92 bits per heavy atom. The Kier molecular flexibility index (Phi) is 6.27. The molecule has 2 aromatic carbocycles. The molecule has 3 aromatic rings. The van der Waals surface area contributed by atoms with Gasteiger partial charge in [0.25, 0.3) is 5.56 Å². The smallest absolute Gasteiger partial charge is 0.338 e. The van der Waals surface area contributed by atoms with Crippen LogP contribution in [0.25, 0.3) is 6.08 Å². The summed E-state index contributed by atoms with van der Waals surface area (Å²) in [6.45, 7) is 3.85. The molecule has 0 bridgehead atoms. The molecule has 5 rings (SSSR count). The largest absolute Gasteiger partial charge is 0.493 e. The van der Waals surface area contributed by atoms with Gasteiger partial charge in [0.05, 0.1) is 42.7 Å². The lowest BCUT2D eigenvalue weighted by atomic mass is 9.95. The molecular weight excluding hydrogens is 484 g/mol. The Morgan fingerprint density at radius 3 is 2.67 bits per heavy atom. The number of ether oxygens (including phenoxy) is 5.